The minimum absolute atomic E-state index is 0.0115. The first-order valence-corrected chi connectivity index (χ1v) is 7.89. The molecule has 5 nitrogen and oxygen atoms in total. The van der Waals surface area contributed by atoms with Crippen LogP contribution in [0.1, 0.15) is 17.5 Å². The number of pyridine rings is 1. The van der Waals surface area contributed by atoms with Crippen molar-refractivity contribution >= 4 is 34.5 Å². The fourth-order valence-electron chi connectivity index (χ4n) is 2.19. The maximum atomic E-state index is 12.1. The number of ether oxygens (including phenoxy) is 1. The number of aromatic nitrogens is 1. The van der Waals surface area contributed by atoms with Gasteiger partial charge in [0, 0.05) is 31.2 Å². The number of carbonyl (C=O) groups is 1. The highest BCUT2D eigenvalue weighted by molar-refractivity contribution is 6.31. The standard InChI is InChI=1S/C18H18ClN3O2/c1-12-4-5-13-9-14(17(19)22-16(13)8-12)10-15(11-20)18(23)21-6-3-7-24-2/h4-5,8-10H,3,6-7H2,1-2H3,(H,21,23)/b15-10+. The molecular weight excluding hydrogens is 326 g/mol. The molecule has 124 valence electrons. The molecule has 0 unspecified atom stereocenters. The van der Waals surface area contributed by atoms with Crippen LogP contribution < -0.4 is 5.32 Å². The lowest BCUT2D eigenvalue weighted by Gasteiger charge is -2.06. The Kier molecular flexibility index (Phi) is 6.30. The smallest absolute Gasteiger partial charge is 0.261 e. The number of carbonyl (C=O) groups excluding carboxylic acids is 1. The number of amides is 1. The highest BCUT2D eigenvalue weighted by Crippen LogP contribution is 2.23. The quantitative estimate of drug-likeness (QED) is 0.378. The number of nitriles is 1. The van der Waals surface area contributed by atoms with Crippen LogP contribution in [0.2, 0.25) is 5.15 Å². The third kappa shape index (κ3) is 4.54. The molecule has 2 aromatic rings. The lowest BCUT2D eigenvalue weighted by molar-refractivity contribution is -0.117. The first-order chi connectivity index (χ1) is 11.5. The molecule has 0 saturated carbocycles. The van der Waals surface area contributed by atoms with Crippen LogP contribution in [0.5, 0.6) is 0 Å². The Balaban J connectivity index is 2.25. The number of hydrogen-bond donors (Lipinski definition) is 1. The molecule has 0 aliphatic carbocycles. The van der Waals surface area contributed by atoms with Gasteiger partial charge < -0.3 is 10.1 Å². The number of benzene rings is 1. The Morgan fingerprint density at radius 2 is 2.25 bits per heavy atom. The van der Waals surface area contributed by atoms with Crippen LogP contribution in [0.15, 0.2) is 29.8 Å². The molecule has 1 heterocycles. The maximum absolute atomic E-state index is 12.1. The van der Waals surface area contributed by atoms with Crippen LogP contribution in [0, 0.1) is 18.3 Å². The van der Waals surface area contributed by atoms with Gasteiger partial charge in [0.1, 0.15) is 16.8 Å². The van der Waals surface area contributed by atoms with Crippen LogP contribution in [-0.2, 0) is 9.53 Å². The molecule has 0 saturated heterocycles. The fourth-order valence-corrected chi connectivity index (χ4v) is 2.39. The van der Waals surface area contributed by atoms with Gasteiger partial charge in [0.05, 0.1) is 5.52 Å². The first-order valence-electron chi connectivity index (χ1n) is 7.51. The third-order valence-electron chi connectivity index (χ3n) is 3.43. The second kappa shape index (κ2) is 8.44. The molecule has 0 spiro atoms. The van der Waals surface area contributed by atoms with Crippen molar-refractivity contribution in [3.8, 4) is 6.07 Å². The molecule has 24 heavy (non-hydrogen) atoms. The van der Waals surface area contributed by atoms with Crippen molar-refractivity contribution in [1.29, 1.82) is 5.26 Å². The average molecular weight is 344 g/mol. The van der Waals surface area contributed by atoms with E-state index in [4.69, 9.17) is 16.3 Å². The fraction of sp³-hybridized carbons (Fsp3) is 0.278. The lowest BCUT2D eigenvalue weighted by Crippen LogP contribution is -2.26. The van der Waals surface area contributed by atoms with E-state index in [-0.39, 0.29) is 10.7 Å². The number of methoxy groups -OCH3 is 1. The van der Waals surface area contributed by atoms with Crippen molar-refractivity contribution in [3.05, 3.63) is 46.1 Å². The molecule has 0 aliphatic rings. The molecule has 0 fully saturated rings. The predicted molar refractivity (Wildman–Crippen MR) is 94.6 cm³/mol. The largest absolute Gasteiger partial charge is 0.385 e. The van der Waals surface area contributed by atoms with E-state index in [1.807, 2.05) is 37.3 Å². The van der Waals surface area contributed by atoms with Crippen molar-refractivity contribution in [3.63, 3.8) is 0 Å². The van der Waals surface area contributed by atoms with E-state index in [9.17, 15) is 10.1 Å². The molecule has 1 aromatic heterocycles. The average Bonchev–Trinajstić information content (AvgIpc) is 2.56. The summed E-state index contributed by atoms with van der Waals surface area (Å²) in [6.07, 6.45) is 2.14. The van der Waals surface area contributed by atoms with Crippen molar-refractivity contribution in [2.45, 2.75) is 13.3 Å². The predicted octanol–water partition coefficient (Wildman–Crippen LogP) is 3.26. The van der Waals surface area contributed by atoms with E-state index in [1.54, 1.807) is 7.11 Å². The molecule has 1 aromatic carbocycles. The molecule has 1 amide bonds. The van der Waals surface area contributed by atoms with Crippen LogP contribution in [0.25, 0.3) is 17.0 Å². The van der Waals surface area contributed by atoms with E-state index < -0.39 is 5.91 Å². The molecule has 0 radical (unpaired) electrons. The zero-order valence-corrected chi connectivity index (χ0v) is 14.4. The van der Waals surface area contributed by atoms with Gasteiger partial charge in [-0.15, -0.1) is 0 Å². The number of halogens is 1. The molecule has 0 aliphatic heterocycles. The summed E-state index contributed by atoms with van der Waals surface area (Å²) in [6, 6.07) is 9.56. The van der Waals surface area contributed by atoms with Gasteiger partial charge in [0.2, 0.25) is 0 Å². The van der Waals surface area contributed by atoms with E-state index in [1.165, 1.54) is 6.08 Å². The first kappa shape index (κ1) is 17.9. The second-order valence-electron chi connectivity index (χ2n) is 5.34. The summed E-state index contributed by atoms with van der Waals surface area (Å²) in [5.74, 6) is -0.436. The normalized spacial score (nSPS) is 11.3. The Morgan fingerprint density at radius 1 is 1.46 bits per heavy atom. The summed E-state index contributed by atoms with van der Waals surface area (Å²) in [5, 5.41) is 13.1. The highest BCUT2D eigenvalue weighted by atomic mass is 35.5. The third-order valence-corrected chi connectivity index (χ3v) is 3.73. The summed E-state index contributed by atoms with van der Waals surface area (Å²) in [5.41, 5.74) is 2.39. The number of hydrogen-bond acceptors (Lipinski definition) is 4. The van der Waals surface area contributed by atoms with Crippen molar-refractivity contribution in [2.75, 3.05) is 20.3 Å². The van der Waals surface area contributed by atoms with E-state index in [0.29, 0.717) is 25.1 Å². The number of nitrogens with one attached hydrogen (secondary N) is 1. The zero-order chi connectivity index (χ0) is 17.5. The number of nitrogens with zero attached hydrogens (tertiary/aromatic N) is 2. The monoisotopic (exact) mass is 343 g/mol. The molecular formula is C18H18ClN3O2. The minimum atomic E-state index is -0.436. The SMILES string of the molecule is COCCCNC(=O)/C(C#N)=C/c1cc2ccc(C)cc2nc1Cl. The van der Waals surface area contributed by atoms with E-state index >= 15 is 0 Å². The summed E-state index contributed by atoms with van der Waals surface area (Å²) in [6.45, 7) is 2.96. The Morgan fingerprint density at radius 3 is 2.96 bits per heavy atom. The molecule has 0 bridgehead atoms. The van der Waals surface area contributed by atoms with Crippen molar-refractivity contribution in [2.24, 2.45) is 0 Å². The van der Waals surface area contributed by atoms with Crippen LogP contribution >= 0.6 is 11.6 Å². The van der Waals surface area contributed by atoms with Crippen LogP contribution in [0.4, 0.5) is 0 Å². The second-order valence-corrected chi connectivity index (χ2v) is 5.69. The van der Waals surface area contributed by atoms with Crippen molar-refractivity contribution in [1.82, 2.24) is 10.3 Å². The van der Waals surface area contributed by atoms with Gasteiger partial charge in [-0.1, -0.05) is 23.7 Å². The van der Waals surface area contributed by atoms with Gasteiger partial charge in [-0.05, 0) is 37.1 Å². The van der Waals surface area contributed by atoms with Gasteiger partial charge in [-0.2, -0.15) is 5.26 Å². The maximum Gasteiger partial charge on any atom is 0.261 e. The molecule has 1 N–H and O–H groups in total. The van der Waals surface area contributed by atoms with Gasteiger partial charge in [0.15, 0.2) is 0 Å². The van der Waals surface area contributed by atoms with Crippen LogP contribution in [0.3, 0.4) is 0 Å². The Labute approximate surface area is 145 Å². The summed E-state index contributed by atoms with van der Waals surface area (Å²) in [4.78, 5) is 16.4. The Hall–Kier alpha value is -2.42. The topological polar surface area (TPSA) is 75.0 Å². The van der Waals surface area contributed by atoms with E-state index in [0.717, 1.165) is 16.5 Å². The Bertz CT molecular complexity index is 825. The van der Waals surface area contributed by atoms with E-state index in [2.05, 4.69) is 10.3 Å². The lowest BCUT2D eigenvalue weighted by atomic mass is 10.1. The molecule has 6 heteroatoms. The molecule has 0 atom stereocenters. The summed E-state index contributed by atoms with van der Waals surface area (Å²) < 4.78 is 4.91. The molecule has 2 rings (SSSR count). The van der Waals surface area contributed by atoms with Gasteiger partial charge in [0.25, 0.3) is 5.91 Å². The van der Waals surface area contributed by atoms with Gasteiger partial charge >= 0.3 is 0 Å². The number of rotatable bonds is 6. The van der Waals surface area contributed by atoms with Gasteiger partial charge in [-0.3, -0.25) is 4.79 Å². The van der Waals surface area contributed by atoms with Crippen LogP contribution in [-0.4, -0.2) is 31.2 Å². The highest BCUT2D eigenvalue weighted by Gasteiger charge is 2.11. The zero-order valence-electron chi connectivity index (χ0n) is 13.6. The minimum Gasteiger partial charge on any atom is -0.385 e. The number of aryl methyl sites for hydroxylation is 1. The van der Waals surface area contributed by atoms with Crippen molar-refractivity contribution < 1.29 is 9.53 Å². The summed E-state index contributed by atoms with van der Waals surface area (Å²) in [7, 11) is 1.60. The summed E-state index contributed by atoms with van der Waals surface area (Å²) >= 11 is 6.19. The van der Waals surface area contributed by atoms with Gasteiger partial charge in [-0.25, -0.2) is 4.98 Å². The number of fused-ring (bicyclic) bond motifs is 1.